The van der Waals surface area contributed by atoms with Crippen molar-refractivity contribution in [2.75, 3.05) is 7.11 Å². The minimum Gasteiger partial charge on any atom is -0.496 e. The smallest absolute Gasteiger partial charge is 0.295 e. The molecule has 0 atom stereocenters. The van der Waals surface area contributed by atoms with E-state index in [1.54, 1.807) is 0 Å². The van der Waals surface area contributed by atoms with Gasteiger partial charge in [-0.05, 0) is 6.07 Å². The highest BCUT2D eigenvalue weighted by molar-refractivity contribution is 6.22. The van der Waals surface area contributed by atoms with Crippen molar-refractivity contribution in [3.63, 3.8) is 0 Å². The summed E-state index contributed by atoms with van der Waals surface area (Å²) in [6.07, 6.45) is 1.21. The first-order valence-electron chi connectivity index (χ1n) is 4.63. The molecule has 0 bridgehead atoms. The molecule has 0 unspecified atom stereocenters. The highest BCUT2D eigenvalue weighted by Crippen LogP contribution is 2.43. The van der Waals surface area contributed by atoms with E-state index in [-0.39, 0.29) is 22.5 Å². The summed E-state index contributed by atoms with van der Waals surface area (Å²) in [5, 5.41) is 14.6. The summed E-state index contributed by atoms with van der Waals surface area (Å²) >= 11 is 0. The van der Waals surface area contributed by atoms with Crippen LogP contribution >= 0.6 is 0 Å². The number of hydrogen-bond donors (Lipinski definition) is 1. The zero-order valence-corrected chi connectivity index (χ0v) is 8.84. The Hall–Kier alpha value is -2.57. The van der Waals surface area contributed by atoms with Gasteiger partial charge in [0.15, 0.2) is 5.69 Å². The lowest BCUT2D eigenvalue weighted by atomic mass is 10.0. The van der Waals surface area contributed by atoms with Crippen LogP contribution in [0.3, 0.4) is 0 Å². The summed E-state index contributed by atoms with van der Waals surface area (Å²) in [7, 11) is 1.40. The van der Waals surface area contributed by atoms with E-state index in [0.29, 0.717) is 5.75 Å². The third kappa shape index (κ3) is 1.57. The molecule has 7 nitrogen and oxygen atoms in total. The van der Waals surface area contributed by atoms with Crippen LogP contribution in [0.25, 0.3) is 5.57 Å². The van der Waals surface area contributed by atoms with E-state index >= 15 is 0 Å². The number of ether oxygens (including phenoxy) is 1. The Kier molecular flexibility index (Phi) is 2.43. The topological polar surface area (TPSA) is 110 Å². The van der Waals surface area contributed by atoms with Crippen LogP contribution in [0, 0.1) is 10.1 Å². The van der Waals surface area contributed by atoms with Gasteiger partial charge in [-0.15, -0.1) is 0 Å². The first kappa shape index (κ1) is 10.9. The maximum Gasteiger partial charge on any atom is 0.295 e. The minimum atomic E-state index is -0.703. The molecule has 1 aliphatic rings. The predicted octanol–water partition coefficient (Wildman–Crippen LogP) is 0.679. The van der Waals surface area contributed by atoms with Crippen molar-refractivity contribution in [1.82, 2.24) is 5.32 Å². The number of carbonyl (C=O) groups excluding carboxylic acids is 1. The lowest BCUT2D eigenvalue weighted by molar-refractivity contribution is -0.384. The fourth-order valence-electron chi connectivity index (χ4n) is 1.65. The Morgan fingerprint density at radius 1 is 1.53 bits per heavy atom. The Morgan fingerprint density at radius 3 is 2.76 bits per heavy atom. The molecule has 87 valence electrons. The molecule has 0 saturated heterocycles. The Bertz CT molecular complexity index is 551. The maximum absolute atomic E-state index is 11.2. The Balaban J connectivity index is 2.68. The largest absolute Gasteiger partial charge is 0.496 e. The van der Waals surface area contributed by atoms with Gasteiger partial charge in [-0.2, -0.15) is 0 Å². The van der Waals surface area contributed by atoms with E-state index in [2.05, 4.69) is 5.32 Å². The fourth-order valence-corrected chi connectivity index (χ4v) is 1.65. The van der Waals surface area contributed by atoms with E-state index in [4.69, 9.17) is 10.5 Å². The molecule has 1 aromatic carbocycles. The first-order valence-corrected chi connectivity index (χ1v) is 4.63. The van der Waals surface area contributed by atoms with Crippen LogP contribution in [0.4, 0.5) is 11.4 Å². The third-order valence-corrected chi connectivity index (χ3v) is 2.39. The molecule has 17 heavy (non-hydrogen) atoms. The SMILES string of the molecule is COc1ccc([N+](=O)[O-])c2c1C(C(N)=O)=C[N]2. The number of hydrogen-bond acceptors (Lipinski definition) is 4. The molecule has 0 fully saturated rings. The molecular weight excluding hydrogens is 226 g/mol. The minimum absolute atomic E-state index is 0.100. The van der Waals surface area contributed by atoms with Gasteiger partial charge in [-0.1, -0.05) is 0 Å². The molecule has 1 aromatic rings. The second kappa shape index (κ2) is 3.78. The van der Waals surface area contributed by atoms with Crippen LogP contribution in [0.1, 0.15) is 5.56 Å². The zero-order chi connectivity index (χ0) is 12.6. The van der Waals surface area contributed by atoms with Crippen molar-refractivity contribution in [3.8, 4) is 5.75 Å². The van der Waals surface area contributed by atoms with Crippen LogP contribution in [0.15, 0.2) is 18.3 Å². The number of nitrogens with two attached hydrogens (primary N) is 1. The van der Waals surface area contributed by atoms with E-state index in [1.807, 2.05) is 0 Å². The van der Waals surface area contributed by atoms with Crippen LogP contribution in [0.5, 0.6) is 5.75 Å². The van der Waals surface area contributed by atoms with Gasteiger partial charge < -0.3 is 10.5 Å². The number of primary amides is 1. The number of nitro groups is 1. The number of carbonyl (C=O) groups is 1. The molecule has 2 rings (SSSR count). The van der Waals surface area contributed by atoms with Gasteiger partial charge in [-0.25, -0.2) is 5.32 Å². The van der Waals surface area contributed by atoms with Crippen molar-refractivity contribution in [2.24, 2.45) is 5.73 Å². The monoisotopic (exact) mass is 234 g/mol. The second-order valence-corrected chi connectivity index (χ2v) is 3.30. The van der Waals surface area contributed by atoms with Crippen LogP contribution in [-0.4, -0.2) is 17.9 Å². The third-order valence-electron chi connectivity index (χ3n) is 2.39. The quantitative estimate of drug-likeness (QED) is 0.612. The highest BCUT2D eigenvalue weighted by atomic mass is 16.6. The molecular formula is C10H8N3O4. The van der Waals surface area contributed by atoms with E-state index in [0.717, 1.165) is 0 Å². The van der Waals surface area contributed by atoms with Crippen LogP contribution in [-0.2, 0) is 4.79 Å². The number of nitro benzene ring substituents is 1. The number of amides is 1. The number of methoxy groups -OCH3 is 1. The van der Waals surface area contributed by atoms with E-state index in [9.17, 15) is 14.9 Å². The van der Waals surface area contributed by atoms with Gasteiger partial charge >= 0.3 is 0 Å². The number of rotatable bonds is 3. The number of fused-ring (bicyclic) bond motifs is 1. The van der Waals surface area contributed by atoms with Gasteiger partial charge in [-0.3, -0.25) is 14.9 Å². The van der Waals surface area contributed by atoms with Crippen molar-refractivity contribution in [2.45, 2.75) is 0 Å². The standard InChI is InChI=1S/C10H8N3O4/c1-17-7-3-2-6(13(15)16)9-8(7)5(4-12-9)10(11)14/h2-4H,1H3,(H2,11,14). The second-order valence-electron chi connectivity index (χ2n) is 3.30. The number of benzene rings is 1. The summed E-state index contributed by atoms with van der Waals surface area (Å²) in [5.41, 5.74) is 5.47. The Labute approximate surface area is 96.0 Å². The molecule has 1 aliphatic heterocycles. The molecule has 1 heterocycles. The normalized spacial score (nSPS) is 12.4. The highest BCUT2D eigenvalue weighted by Gasteiger charge is 2.30. The van der Waals surface area contributed by atoms with Gasteiger partial charge in [0.25, 0.3) is 11.6 Å². The maximum atomic E-state index is 11.2. The fraction of sp³-hybridized carbons (Fsp3) is 0.100. The summed E-state index contributed by atoms with van der Waals surface area (Å²) < 4.78 is 5.04. The molecule has 0 spiro atoms. The van der Waals surface area contributed by atoms with Gasteiger partial charge in [0.05, 0.1) is 23.2 Å². The molecule has 1 amide bonds. The lowest BCUT2D eigenvalue weighted by Gasteiger charge is -2.08. The van der Waals surface area contributed by atoms with Crippen molar-refractivity contribution in [1.29, 1.82) is 0 Å². The summed E-state index contributed by atoms with van der Waals surface area (Å²) in [6.45, 7) is 0. The molecule has 0 aliphatic carbocycles. The predicted molar refractivity (Wildman–Crippen MR) is 58.6 cm³/mol. The van der Waals surface area contributed by atoms with Gasteiger partial charge in [0.2, 0.25) is 0 Å². The lowest BCUT2D eigenvalue weighted by Crippen LogP contribution is -2.12. The van der Waals surface area contributed by atoms with Crippen molar-refractivity contribution in [3.05, 3.63) is 34.0 Å². The summed E-state index contributed by atoms with van der Waals surface area (Å²) in [5.74, 6) is -0.372. The summed E-state index contributed by atoms with van der Waals surface area (Å²) in [6, 6.07) is 2.69. The average molecular weight is 234 g/mol. The molecule has 2 N–H and O–H groups in total. The van der Waals surface area contributed by atoms with Gasteiger partial charge in [0, 0.05) is 12.3 Å². The van der Waals surface area contributed by atoms with E-state index in [1.165, 1.54) is 25.4 Å². The Morgan fingerprint density at radius 2 is 2.24 bits per heavy atom. The van der Waals surface area contributed by atoms with Crippen molar-refractivity contribution < 1.29 is 14.5 Å². The molecule has 7 heteroatoms. The summed E-state index contributed by atoms with van der Waals surface area (Å²) in [4.78, 5) is 21.4. The molecule has 1 radical (unpaired) electrons. The molecule has 0 saturated carbocycles. The van der Waals surface area contributed by atoms with Crippen LogP contribution in [0.2, 0.25) is 0 Å². The zero-order valence-electron chi connectivity index (χ0n) is 8.84. The number of nitrogens with zero attached hydrogens (tertiary/aromatic N) is 2. The van der Waals surface area contributed by atoms with E-state index < -0.39 is 10.8 Å². The van der Waals surface area contributed by atoms with Crippen LogP contribution < -0.4 is 15.8 Å². The average Bonchev–Trinajstić information content (AvgIpc) is 2.71. The first-order chi connectivity index (χ1) is 8.06. The van der Waals surface area contributed by atoms with Gasteiger partial charge in [0.1, 0.15) is 5.75 Å². The van der Waals surface area contributed by atoms with Crippen molar-refractivity contribution >= 4 is 22.9 Å². The molecule has 0 aromatic heterocycles.